The average Bonchev–Trinajstić information content (AvgIpc) is 2.31. The van der Waals surface area contributed by atoms with Gasteiger partial charge in [0.2, 0.25) is 0 Å². The summed E-state index contributed by atoms with van der Waals surface area (Å²) in [6, 6.07) is 0. The van der Waals surface area contributed by atoms with Crippen molar-refractivity contribution in [3.63, 3.8) is 0 Å². The SMILES string of the molecule is CC1(CBr)CCCCCCCCCCCC1. The molecule has 1 heteroatoms. The van der Waals surface area contributed by atoms with Crippen LogP contribution in [-0.4, -0.2) is 5.33 Å². The van der Waals surface area contributed by atoms with Gasteiger partial charge in [-0.3, -0.25) is 0 Å². The molecule has 0 aliphatic heterocycles. The third-order valence-corrected chi connectivity index (χ3v) is 5.49. The quantitative estimate of drug-likeness (QED) is 0.513. The van der Waals surface area contributed by atoms with Gasteiger partial charge >= 0.3 is 0 Å². The molecular weight excluding hydrogens is 260 g/mol. The van der Waals surface area contributed by atoms with E-state index in [-0.39, 0.29) is 0 Å². The van der Waals surface area contributed by atoms with Crippen LogP contribution in [0.2, 0.25) is 0 Å². The van der Waals surface area contributed by atoms with Gasteiger partial charge in [0.15, 0.2) is 0 Å². The Hall–Kier alpha value is 0.480. The van der Waals surface area contributed by atoms with Gasteiger partial charge in [-0.2, -0.15) is 0 Å². The lowest BCUT2D eigenvalue weighted by Crippen LogP contribution is -2.18. The van der Waals surface area contributed by atoms with Crippen LogP contribution >= 0.6 is 15.9 Å². The molecule has 0 N–H and O–H groups in total. The van der Waals surface area contributed by atoms with Crippen LogP contribution < -0.4 is 0 Å². The zero-order chi connectivity index (χ0) is 11.7. The lowest BCUT2D eigenvalue weighted by Gasteiger charge is -2.27. The molecule has 1 rings (SSSR count). The first-order chi connectivity index (χ1) is 7.77. The molecule has 0 atom stereocenters. The zero-order valence-corrected chi connectivity index (χ0v) is 12.7. The molecule has 0 unspecified atom stereocenters. The van der Waals surface area contributed by atoms with Crippen LogP contribution in [0, 0.1) is 5.41 Å². The van der Waals surface area contributed by atoms with Crippen LogP contribution in [0.3, 0.4) is 0 Å². The van der Waals surface area contributed by atoms with Crippen molar-refractivity contribution < 1.29 is 0 Å². The second-order valence-electron chi connectivity index (χ2n) is 5.98. The predicted molar refractivity (Wildman–Crippen MR) is 77.3 cm³/mol. The Balaban J connectivity index is 2.32. The van der Waals surface area contributed by atoms with Gasteiger partial charge in [0.1, 0.15) is 0 Å². The van der Waals surface area contributed by atoms with Crippen molar-refractivity contribution in [1.82, 2.24) is 0 Å². The first kappa shape index (κ1) is 14.5. The second kappa shape index (κ2) is 8.55. The van der Waals surface area contributed by atoms with Gasteiger partial charge in [-0.25, -0.2) is 0 Å². The molecular formula is C15H29Br. The molecule has 0 amide bonds. The van der Waals surface area contributed by atoms with E-state index in [2.05, 4.69) is 22.9 Å². The van der Waals surface area contributed by atoms with Crippen LogP contribution in [0.25, 0.3) is 0 Å². The fraction of sp³-hybridized carbons (Fsp3) is 1.00. The Morgan fingerprint density at radius 1 is 0.688 bits per heavy atom. The number of rotatable bonds is 1. The summed E-state index contributed by atoms with van der Waals surface area (Å²) >= 11 is 3.72. The maximum absolute atomic E-state index is 3.72. The third-order valence-electron chi connectivity index (χ3n) is 4.13. The van der Waals surface area contributed by atoms with Gasteiger partial charge in [0.05, 0.1) is 0 Å². The van der Waals surface area contributed by atoms with E-state index in [1.54, 1.807) is 0 Å². The van der Waals surface area contributed by atoms with Crippen LogP contribution in [0.15, 0.2) is 0 Å². The predicted octanol–water partition coefficient (Wildman–Crippen LogP) is 6.08. The Morgan fingerprint density at radius 2 is 1.00 bits per heavy atom. The minimum absolute atomic E-state index is 0.577. The summed E-state index contributed by atoms with van der Waals surface area (Å²) in [5.41, 5.74) is 0.577. The van der Waals surface area contributed by atoms with E-state index >= 15 is 0 Å². The maximum Gasteiger partial charge on any atom is 0.00853 e. The van der Waals surface area contributed by atoms with E-state index in [4.69, 9.17) is 0 Å². The normalized spacial score (nSPS) is 25.1. The van der Waals surface area contributed by atoms with Gasteiger partial charge in [-0.1, -0.05) is 87.1 Å². The standard InChI is InChI=1S/C15H29Br/c1-15(14-16)12-10-8-6-4-2-3-5-7-9-11-13-15/h2-14H2,1H3. The number of hydrogen-bond acceptors (Lipinski definition) is 0. The summed E-state index contributed by atoms with van der Waals surface area (Å²) in [6.45, 7) is 2.47. The highest BCUT2D eigenvalue weighted by Crippen LogP contribution is 2.33. The largest absolute Gasteiger partial charge is 0.0922 e. The molecule has 1 saturated carbocycles. The minimum Gasteiger partial charge on any atom is -0.0922 e. The molecule has 1 aliphatic rings. The van der Waals surface area contributed by atoms with Gasteiger partial charge < -0.3 is 0 Å². The number of alkyl halides is 1. The van der Waals surface area contributed by atoms with Crippen molar-refractivity contribution in [2.75, 3.05) is 5.33 Å². The minimum atomic E-state index is 0.577. The Kier molecular flexibility index (Phi) is 7.77. The van der Waals surface area contributed by atoms with Gasteiger partial charge in [-0.05, 0) is 18.3 Å². The highest BCUT2D eigenvalue weighted by atomic mass is 79.9. The molecule has 0 saturated heterocycles. The van der Waals surface area contributed by atoms with Crippen LogP contribution in [0.4, 0.5) is 0 Å². The smallest absolute Gasteiger partial charge is 0.00853 e. The second-order valence-corrected chi connectivity index (χ2v) is 6.54. The van der Waals surface area contributed by atoms with Crippen molar-refractivity contribution in [2.45, 2.75) is 84.0 Å². The molecule has 16 heavy (non-hydrogen) atoms. The molecule has 0 aromatic heterocycles. The number of hydrogen-bond donors (Lipinski definition) is 0. The maximum atomic E-state index is 3.72. The number of halogens is 1. The Bertz CT molecular complexity index is 151. The molecule has 0 radical (unpaired) electrons. The lowest BCUT2D eigenvalue weighted by molar-refractivity contribution is 0.293. The summed E-state index contributed by atoms with van der Waals surface area (Å²) in [5.74, 6) is 0. The fourth-order valence-electron chi connectivity index (χ4n) is 2.78. The lowest BCUT2D eigenvalue weighted by atomic mass is 9.82. The van der Waals surface area contributed by atoms with E-state index < -0.39 is 0 Å². The molecule has 0 aromatic rings. The summed E-state index contributed by atoms with van der Waals surface area (Å²) < 4.78 is 0. The Morgan fingerprint density at radius 3 is 1.31 bits per heavy atom. The van der Waals surface area contributed by atoms with E-state index in [9.17, 15) is 0 Å². The average molecular weight is 289 g/mol. The topological polar surface area (TPSA) is 0 Å². The Labute approximate surface area is 111 Å². The van der Waals surface area contributed by atoms with Crippen molar-refractivity contribution >= 4 is 15.9 Å². The summed E-state index contributed by atoms with van der Waals surface area (Å²) in [6.07, 6.45) is 17.5. The monoisotopic (exact) mass is 288 g/mol. The molecule has 0 nitrogen and oxygen atoms in total. The molecule has 96 valence electrons. The van der Waals surface area contributed by atoms with Crippen molar-refractivity contribution in [3.8, 4) is 0 Å². The van der Waals surface area contributed by atoms with Crippen molar-refractivity contribution in [2.24, 2.45) is 5.41 Å². The third kappa shape index (κ3) is 6.27. The van der Waals surface area contributed by atoms with Gasteiger partial charge in [0.25, 0.3) is 0 Å². The van der Waals surface area contributed by atoms with Crippen LogP contribution in [0.1, 0.15) is 84.0 Å². The highest BCUT2D eigenvalue weighted by molar-refractivity contribution is 9.09. The fourth-order valence-corrected chi connectivity index (χ4v) is 3.34. The molecule has 0 aromatic carbocycles. The molecule has 0 bridgehead atoms. The summed E-state index contributed by atoms with van der Waals surface area (Å²) in [4.78, 5) is 0. The van der Waals surface area contributed by atoms with E-state index in [0.29, 0.717) is 5.41 Å². The first-order valence-corrected chi connectivity index (χ1v) is 8.45. The molecule has 1 fully saturated rings. The first-order valence-electron chi connectivity index (χ1n) is 7.33. The van der Waals surface area contributed by atoms with Crippen LogP contribution in [-0.2, 0) is 0 Å². The molecule has 0 heterocycles. The molecule has 1 aliphatic carbocycles. The van der Waals surface area contributed by atoms with E-state index in [0.717, 1.165) is 0 Å². The highest BCUT2D eigenvalue weighted by Gasteiger charge is 2.21. The van der Waals surface area contributed by atoms with E-state index in [1.165, 1.54) is 82.4 Å². The van der Waals surface area contributed by atoms with Crippen molar-refractivity contribution in [1.29, 1.82) is 0 Å². The molecule has 0 spiro atoms. The summed E-state index contributed by atoms with van der Waals surface area (Å²) in [5, 5.41) is 1.19. The van der Waals surface area contributed by atoms with Crippen LogP contribution in [0.5, 0.6) is 0 Å². The van der Waals surface area contributed by atoms with Crippen molar-refractivity contribution in [3.05, 3.63) is 0 Å². The summed E-state index contributed by atoms with van der Waals surface area (Å²) in [7, 11) is 0. The van der Waals surface area contributed by atoms with E-state index in [1.807, 2.05) is 0 Å². The van der Waals surface area contributed by atoms with Gasteiger partial charge in [-0.15, -0.1) is 0 Å². The van der Waals surface area contributed by atoms with Gasteiger partial charge in [0, 0.05) is 5.33 Å². The zero-order valence-electron chi connectivity index (χ0n) is 11.1.